The average molecular weight is 355 g/mol. The molecule has 4 aliphatic rings. The highest BCUT2D eigenvalue weighted by Gasteiger charge is 2.43. The van der Waals surface area contributed by atoms with Crippen LogP contribution in [0.3, 0.4) is 0 Å². The predicted octanol–water partition coefficient (Wildman–Crippen LogP) is 1.27. The van der Waals surface area contributed by atoms with E-state index >= 15 is 0 Å². The van der Waals surface area contributed by atoms with Crippen molar-refractivity contribution >= 4 is 36.8 Å². The number of halogens is 2. The summed E-state index contributed by atoms with van der Waals surface area (Å²) in [6, 6.07) is 1.57. The number of fused-ring (bicyclic) bond motifs is 4. The highest BCUT2D eigenvalue weighted by Crippen LogP contribution is 2.33. The SMILES string of the molecule is Cl.Cl.O=C(O)[C@@H]1C[C@@H]2CC[C@H]1N2.O=C(O)[C@H]1C[C@H]2CC[C@@H]1N2. The van der Waals surface area contributed by atoms with Crippen molar-refractivity contribution in [3.05, 3.63) is 0 Å². The first-order valence-corrected chi connectivity index (χ1v) is 7.52. The summed E-state index contributed by atoms with van der Waals surface area (Å²) in [6.07, 6.45) is 6.16. The van der Waals surface area contributed by atoms with Crippen molar-refractivity contribution in [2.75, 3.05) is 0 Å². The molecule has 0 saturated carbocycles. The quantitative estimate of drug-likeness (QED) is 0.595. The van der Waals surface area contributed by atoms with Crippen molar-refractivity contribution in [3.8, 4) is 0 Å². The monoisotopic (exact) mass is 354 g/mol. The van der Waals surface area contributed by atoms with Crippen LogP contribution in [0, 0.1) is 11.8 Å². The van der Waals surface area contributed by atoms with E-state index in [-0.39, 0.29) is 48.7 Å². The summed E-state index contributed by atoms with van der Waals surface area (Å²) in [5, 5.41) is 23.9. The van der Waals surface area contributed by atoms with Gasteiger partial charge in [-0.25, -0.2) is 0 Å². The molecule has 4 rings (SSSR count). The molecule has 22 heavy (non-hydrogen) atoms. The molecule has 0 aliphatic carbocycles. The third-order valence-corrected chi connectivity index (χ3v) is 5.23. The van der Waals surface area contributed by atoms with Crippen LogP contribution in [0.2, 0.25) is 0 Å². The Kier molecular flexibility index (Phi) is 6.92. The van der Waals surface area contributed by atoms with Crippen molar-refractivity contribution in [2.45, 2.75) is 62.7 Å². The van der Waals surface area contributed by atoms with Crippen molar-refractivity contribution in [1.29, 1.82) is 0 Å². The van der Waals surface area contributed by atoms with Gasteiger partial charge in [0, 0.05) is 24.2 Å². The van der Waals surface area contributed by atoms with Gasteiger partial charge in [0.15, 0.2) is 0 Å². The van der Waals surface area contributed by atoms with Crippen LogP contribution >= 0.6 is 24.8 Å². The minimum absolute atomic E-state index is 0. The maximum atomic E-state index is 10.6. The van der Waals surface area contributed by atoms with Gasteiger partial charge in [0.25, 0.3) is 0 Å². The van der Waals surface area contributed by atoms with Crippen LogP contribution in [-0.4, -0.2) is 46.3 Å². The molecule has 6 nitrogen and oxygen atoms in total. The van der Waals surface area contributed by atoms with Crippen molar-refractivity contribution in [2.24, 2.45) is 11.8 Å². The van der Waals surface area contributed by atoms with E-state index in [9.17, 15) is 9.59 Å². The second kappa shape index (κ2) is 7.81. The topological polar surface area (TPSA) is 98.7 Å². The zero-order chi connectivity index (χ0) is 14.3. The molecule has 0 amide bonds. The lowest BCUT2D eigenvalue weighted by Gasteiger charge is -2.14. The second-order valence-electron chi connectivity index (χ2n) is 6.46. The van der Waals surface area contributed by atoms with Gasteiger partial charge in [-0.1, -0.05) is 0 Å². The molecule has 0 radical (unpaired) electrons. The third kappa shape index (κ3) is 3.85. The second-order valence-corrected chi connectivity index (χ2v) is 6.46. The first-order valence-electron chi connectivity index (χ1n) is 7.52. The normalized spacial score (nSPS) is 40.2. The smallest absolute Gasteiger partial charge is 0.308 e. The van der Waals surface area contributed by atoms with Gasteiger partial charge in [-0.2, -0.15) is 0 Å². The molecule has 0 aromatic heterocycles. The minimum atomic E-state index is -0.625. The first-order chi connectivity index (χ1) is 9.54. The number of carboxylic acid groups (broad SMARTS) is 2. The summed E-state index contributed by atoms with van der Waals surface area (Å²) < 4.78 is 0. The molecular formula is C14H24Cl2N2O4. The number of aliphatic carboxylic acids is 2. The third-order valence-electron chi connectivity index (χ3n) is 5.23. The lowest BCUT2D eigenvalue weighted by Crippen LogP contribution is -2.28. The van der Waals surface area contributed by atoms with E-state index in [0.29, 0.717) is 12.1 Å². The fourth-order valence-electron chi connectivity index (χ4n) is 4.19. The van der Waals surface area contributed by atoms with Gasteiger partial charge < -0.3 is 20.8 Å². The molecule has 6 atom stereocenters. The summed E-state index contributed by atoms with van der Waals surface area (Å²) in [5.41, 5.74) is 0. The molecule has 4 saturated heterocycles. The van der Waals surface area contributed by atoms with Crippen LogP contribution in [0.4, 0.5) is 0 Å². The molecule has 4 heterocycles. The van der Waals surface area contributed by atoms with E-state index in [1.807, 2.05) is 0 Å². The molecule has 4 aliphatic heterocycles. The average Bonchev–Trinajstić information content (AvgIpc) is 3.18. The van der Waals surface area contributed by atoms with Gasteiger partial charge in [-0.15, -0.1) is 24.8 Å². The van der Waals surface area contributed by atoms with Crippen LogP contribution in [0.1, 0.15) is 38.5 Å². The van der Waals surface area contributed by atoms with Gasteiger partial charge in [0.1, 0.15) is 0 Å². The maximum absolute atomic E-state index is 10.6. The van der Waals surface area contributed by atoms with E-state index in [0.717, 1.165) is 25.7 Å². The van der Waals surface area contributed by atoms with E-state index in [1.165, 1.54) is 12.8 Å². The highest BCUT2D eigenvalue weighted by molar-refractivity contribution is 5.85. The van der Waals surface area contributed by atoms with Crippen molar-refractivity contribution in [3.63, 3.8) is 0 Å². The van der Waals surface area contributed by atoms with Crippen molar-refractivity contribution in [1.82, 2.24) is 10.6 Å². The van der Waals surface area contributed by atoms with Gasteiger partial charge in [0.05, 0.1) is 11.8 Å². The van der Waals surface area contributed by atoms with Gasteiger partial charge in [-0.3, -0.25) is 9.59 Å². The van der Waals surface area contributed by atoms with Crippen LogP contribution in [0.15, 0.2) is 0 Å². The summed E-state index contributed by atoms with van der Waals surface area (Å²) in [4.78, 5) is 21.1. The number of rotatable bonds is 2. The summed E-state index contributed by atoms with van der Waals surface area (Å²) >= 11 is 0. The summed E-state index contributed by atoms with van der Waals surface area (Å²) in [7, 11) is 0. The lowest BCUT2D eigenvalue weighted by molar-refractivity contribution is -0.143. The summed E-state index contributed by atoms with van der Waals surface area (Å²) in [5.74, 6) is -1.45. The van der Waals surface area contributed by atoms with E-state index in [1.54, 1.807) is 0 Å². The fraction of sp³-hybridized carbons (Fsp3) is 0.857. The van der Waals surface area contributed by atoms with Crippen LogP contribution in [0.25, 0.3) is 0 Å². The number of hydrogen-bond acceptors (Lipinski definition) is 4. The Labute approximate surface area is 142 Å². The van der Waals surface area contributed by atoms with Crippen LogP contribution in [0.5, 0.6) is 0 Å². The molecule has 4 fully saturated rings. The molecule has 4 bridgehead atoms. The van der Waals surface area contributed by atoms with E-state index in [4.69, 9.17) is 10.2 Å². The molecule has 8 heteroatoms. The zero-order valence-corrected chi connectivity index (χ0v) is 13.9. The molecule has 0 unspecified atom stereocenters. The van der Waals surface area contributed by atoms with Gasteiger partial charge >= 0.3 is 11.9 Å². The Morgan fingerprint density at radius 2 is 1.09 bits per heavy atom. The number of hydrogen-bond donors (Lipinski definition) is 4. The Bertz CT molecular complexity index is 386. The van der Waals surface area contributed by atoms with E-state index in [2.05, 4.69) is 10.6 Å². The number of nitrogens with one attached hydrogen (secondary N) is 2. The highest BCUT2D eigenvalue weighted by atomic mass is 35.5. The summed E-state index contributed by atoms with van der Waals surface area (Å²) in [6.45, 7) is 0. The Morgan fingerprint density at radius 1 is 0.727 bits per heavy atom. The fourth-order valence-corrected chi connectivity index (χ4v) is 4.19. The molecule has 0 aromatic carbocycles. The minimum Gasteiger partial charge on any atom is -0.481 e. The van der Waals surface area contributed by atoms with Crippen LogP contribution in [-0.2, 0) is 9.59 Å². The maximum Gasteiger partial charge on any atom is 0.308 e. The largest absolute Gasteiger partial charge is 0.481 e. The molecule has 0 spiro atoms. The molecule has 128 valence electrons. The Balaban J connectivity index is 0.000000202. The molecule has 0 aromatic rings. The number of carboxylic acids is 2. The van der Waals surface area contributed by atoms with Crippen molar-refractivity contribution < 1.29 is 19.8 Å². The first kappa shape index (κ1) is 19.5. The molecule has 4 N–H and O–H groups in total. The Hall–Kier alpha value is -0.560. The predicted molar refractivity (Wildman–Crippen MR) is 85.9 cm³/mol. The zero-order valence-electron chi connectivity index (χ0n) is 12.2. The standard InChI is InChI=1S/2C7H11NO2.2ClH/c2*9-7(10)5-3-4-1-2-6(5)8-4;;/h2*4-6,8H,1-3H2,(H,9,10);2*1H/t2*4-,5+,6+;;/m10../s1. The van der Waals surface area contributed by atoms with Gasteiger partial charge in [0.2, 0.25) is 0 Å². The molecular weight excluding hydrogens is 331 g/mol. The van der Waals surface area contributed by atoms with Gasteiger partial charge in [-0.05, 0) is 38.5 Å². The van der Waals surface area contributed by atoms with E-state index < -0.39 is 11.9 Å². The number of carbonyl (C=O) groups is 2. The Morgan fingerprint density at radius 3 is 1.23 bits per heavy atom. The lowest BCUT2D eigenvalue weighted by atomic mass is 9.89. The van der Waals surface area contributed by atoms with Crippen LogP contribution < -0.4 is 10.6 Å².